The first-order valence-electron chi connectivity index (χ1n) is 5.20. The van der Waals surface area contributed by atoms with Gasteiger partial charge in [0.15, 0.2) is 0 Å². The van der Waals surface area contributed by atoms with Gasteiger partial charge >= 0.3 is 5.97 Å². The summed E-state index contributed by atoms with van der Waals surface area (Å²) in [7, 11) is 0. The predicted octanol–water partition coefficient (Wildman–Crippen LogP) is 3.04. The number of benzene rings is 1. The highest BCUT2D eigenvalue weighted by atomic mass is 16.4. The number of unbranched alkanes of at least 4 members (excludes halogenated alkanes) is 1. The van der Waals surface area contributed by atoms with E-state index in [1.807, 2.05) is 18.2 Å². The summed E-state index contributed by atoms with van der Waals surface area (Å²) in [4.78, 5) is 10.2. The highest BCUT2D eigenvalue weighted by Gasteiger charge is 1.93. The number of allylic oxidation sites excluding steroid dienone is 2. The van der Waals surface area contributed by atoms with Gasteiger partial charge in [-0.1, -0.05) is 42.5 Å². The molecule has 0 fully saturated rings. The average Bonchev–Trinajstić information content (AvgIpc) is 2.24. The molecule has 1 aromatic carbocycles. The van der Waals surface area contributed by atoms with Crippen molar-refractivity contribution in [3.8, 4) is 0 Å². The summed E-state index contributed by atoms with van der Waals surface area (Å²) in [6.45, 7) is 0. The lowest BCUT2D eigenvalue weighted by Crippen LogP contribution is -1.92. The third-order valence-corrected chi connectivity index (χ3v) is 2.12. The number of carboxylic acids is 1. The second-order valence-corrected chi connectivity index (χ2v) is 3.45. The molecule has 0 radical (unpaired) electrons. The van der Waals surface area contributed by atoms with Crippen molar-refractivity contribution >= 4 is 5.97 Å². The van der Waals surface area contributed by atoms with Crippen LogP contribution < -0.4 is 0 Å². The van der Waals surface area contributed by atoms with Crippen LogP contribution >= 0.6 is 0 Å². The Balaban J connectivity index is 2.15. The van der Waals surface area contributed by atoms with Gasteiger partial charge in [0.25, 0.3) is 0 Å². The van der Waals surface area contributed by atoms with Gasteiger partial charge in [-0.2, -0.15) is 0 Å². The molecule has 0 aliphatic carbocycles. The van der Waals surface area contributed by atoms with E-state index in [0.29, 0.717) is 0 Å². The van der Waals surface area contributed by atoms with Gasteiger partial charge in [-0.3, -0.25) is 4.79 Å². The van der Waals surface area contributed by atoms with E-state index in [4.69, 9.17) is 5.11 Å². The maximum absolute atomic E-state index is 10.2. The number of carbonyl (C=O) groups is 1. The van der Waals surface area contributed by atoms with E-state index in [-0.39, 0.29) is 6.42 Å². The molecule has 0 aromatic heterocycles. The van der Waals surface area contributed by atoms with Crippen molar-refractivity contribution in [1.82, 2.24) is 0 Å². The molecule has 80 valence electrons. The smallest absolute Gasteiger partial charge is 0.303 e. The second-order valence-electron chi connectivity index (χ2n) is 3.45. The minimum atomic E-state index is -0.716. The van der Waals surface area contributed by atoms with Crippen LogP contribution in [0.5, 0.6) is 0 Å². The lowest BCUT2D eigenvalue weighted by Gasteiger charge is -1.94. The normalized spacial score (nSPS) is 10.7. The SMILES string of the molecule is O=C(O)CCCC=CCc1ccccc1. The Labute approximate surface area is 90.3 Å². The molecule has 1 rings (SSSR count). The molecular formula is C13H16O2. The summed E-state index contributed by atoms with van der Waals surface area (Å²) in [5.74, 6) is -0.716. The lowest BCUT2D eigenvalue weighted by molar-refractivity contribution is -0.137. The molecule has 0 spiro atoms. The fourth-order valence-corrected chi connectivity index (χ4v) is 1.32. The Bertz CT molecular complexity index is 315. The fourth-order valence-electron chi connectivity index (χ4n) is 1.32. The van der Waals surface area contributed by atoms with E-state index in [0.717, 1.165) is 19.3 Å². The van der Waals surface area contributed by atoms with E-state index in [1.54, 1.807) is 0 Å². The minimum Gasteiger partial charge on any atom is -0.481 e. The number of carboxylic acid groups (broad SMARTS) is 1. The monoisotopic (exact) mass is 204 g/mol. The summed E-state index contributed by atoms with van der Waals surface area (Å²) in [5, 5.41) is 8.42. The summed E-state index contributed by atoms with van der Waals surface area (Å²) < 4.78 is 0. The maximum atomic E-state index is 10.2. The number of rotatable bonds is 6. The number of hydrogen-bond acceptors (Lipinski definition) is 1. The lowest BCUT2D eigenvalue weighted by atomic mass is 10.1. The van der Waals surface area contributed by atoms with Crippen LogP contribution in [-0.4, -0.2) is 11.1 Å². The van der Waals surface area contributed by atoms with E-state index in [1.165, 1.54) is 5.56 Å². The van der Waals surface area contributed by atoms with Gasteiger partial charge in [-0.15, -0.1) is 0 Å². The third kappa shape index (κ3) is 5.68. The van der Waals surface area contributed by atoms with Crippen LogP contribution in [0.2, 0.25) is 0 Å². The largest absolute Gasteiger partial charge is 0.481 e. The van der Waals surface area contributed by atoms with E-state index in [9.17, 15) is 4.79 Å². The van der Waals surface area contributed by atoms with Gasteiger partial charge in [0, 0.05) is 6.42 Å². The van der Waals surface area contributed by atoms with Crippen molar-refractivity contribution in [2.75, 3.05) is 0 Å². The molecule has 15 heavy (non-hydrogen) atoms. The Hall–Kier alpha value is -1.57. The zero-order valence-electron chi connectivity index (χ0n) is 8.73. The summed E-state index contributed by atoms with van der Waals surface area (Å²) in [5.41, 5.74) is 1.28. The van der Waals surface area contributed by atoms with Gasteiger partial charge in [-0.25, -0.2) is 0 Å². The molecule has 0 bridgehead atoms. The molecule has 0 amide bonds. The van der Waals surface area contributed by atoms with Crippen LogP contribution in [0.25, 0.3) is 0 Å². The molecule has 0 unspecified atom stereocenters. The van der Waals surface area contributed by atoms with Gasteiger partial charge in [0.1, 0.15) is 0 Å². The Morgan fingerprint density at radius 1 is 1.20 bits per heavy atom. The number of aliphatic carboxylic acids is 1. The molecule has 2 heteroatoms. The summed E-state index contributed by atoms with van der Waals surface area (Å²) in [6.07, 6.45) is 6.90. The summed E-state index contributed by atoms with van der Waals surface area (Å²) >= 11 is 0. The van der Waals surface area contributed by atoms with Crippen molar-refractivity contribution in [2.45, 2.75) is 25.7 Å². The first kappa shape index (κ1) is 11.5. The van der Waals surface area contributed by atoms with Crippen LogP contribution in [-0.2, 0) is 11.2 Å². The molecule has 0 saturated heterocycles. The molecule has 0 aliphatic heterocycles. The number of hydrogen-bond donors (Lipinski definition) is 1. The molecular weight excluding hydrogens is 188 g/mol. The Morgan fingerprint density at radius 2 is 1.93 bits per heavy atom. The zero-order chi connectivity index (χ0) is 10.9. The Morgan fingerprint density at radius 3 is 2.60 bits per heavy atom. The zero-order valence-corrected chi connectivity index (χ0v) is 8.73. The third-order valence-electron chi connectivity index (χ3n) is 2.12. The maximum Gasteiger partial charge on any atom is 0.303 e. The molecule has 2 nitrogen and oxygen atoms in total. The van der Waals surface area contributed by atoms with Crippen LogP contribution in [0.1, 0.15) is 24.8 Å². The van der Waals surface area contributed by atoms with Gasteiger partial charge in [-0.05, 0) is 24.8 Å². The fraction of sp³-hybridized carbons (Fsp3) is 0.308. The van der Waals surface area contributed by atoms with Crippen molar-refractivity contribution in [3.63, 3.8) is 0 Å². The molecule has 0 heterocycles. The molecule has 0 saturated carbocycles. The van der Waals surface area contributed by atoms with Crippen molar-refractivity contribution in [3.05, 3.63) is 48.0 Å². The second kappa shape index (κ2) is 6.82. The highest BCUT2D eigenvalue weighted by molar-refractivity contribution is 5.66. The van der Waals surface area contributed by atoms with Crippen LogP contribution in [0.15, 0.2) is 42.5 Å². The quantitative estimate of drug-likeness (QED) is 0.571. The predicted molar refractivity (Wildman–Crippen MR) is 60.8 cm³/mol. The van der Waals surface area contributed by atoms with Crippen LogP contribution in [0.3, 0.4) is 0 Å². The summed E-state index contributed by atoms with van der Waals surface area (Å²) in [6, 6.07) is 10.2. The minimum absolute atomic E-state index is 0.260. The van der Waals surface area contributed by atoms with E-state index in [2.05, 4.69) is 24.3 Å². The molecule has 1 N–H and O–H groups in total. The Kier molecular flexibility index (Phi) is 5.23. The van der Waals surface area contributed by atoms with Gasteiger partial charge in [0.2, 0.25) is 0 Å². The topological polar surface area (TPSA) is 37.3 Å². The van der Waals surface area contributed by atoms with Crippen LogP contribution in [0, 0.1) is 0 Å². The first-order chi connectivity index (χ1) is 7.29. The molecule has 0 aliphatic rings. The van der Waals surface area contributed by atoms with Crippen LogP contribution in [0.4, 0.5) is 0 Å². The van der Waals surface area contributed by atoms with E-state index < -0.39 is 5.97 Å². The van der Waals surface area contributed by atoms with Gasteiger partial charge in [0.05, 0.1) is 0 Å². The molecule has 1 aromatic rings. The first-order valence-corrected chi connectivity index (χ1v) is 5.20. The van der Waals surface area contributed by atoms with E-state index >= 15 is 0 Å². The van der Waals surface area contributed by atoms with Gasteiger partial charge < -0.3 is 5.11 Å². The highest BCUT2D eigenvalue weighted by Crippen LogP contribution is 2.02. The standard InChI is InChI=1S/C13H16O2/c14-13(15)11-7-2-1-4-8-12-9-5-3-6-10-12/h1,3-6,9-10H,2,7-8,11H2,(H,14,15). The van der Waals surface area contributed by atoms with Crippen molar-refractivity contribution in [1.29, 1.82) is 0 Å². The van der Waals surface area contributed by atoms with Crippen molar-refractivity contribution in [2.24, 2.45) is 0 Å². The van der Waals surface area contributed by atoms with Crippen molar-refractivity contribution < 1.29 is 9.90 Å². The molecule has 0 atom stereocenters. The average molecular weight is 204 g/mol.